The van der Waals surface area contributed by atoms with Crippen molar-refractivity contribution < 1.29 is 4.79 Å². The molecular formula is C13H15N3OS. The lowest BCUT2D eigenvalue weighted by Crippen LogP contribution is -2.40. The smallest absolute Gasteiger partial charge is 0.263 e. The van der Waals surface area contributed by atoms with Crippen molar-refractivity contribution in [1.29, 1.82) is 0 Å². The molecule has 4 nitrogen and oxygen atoms in total. The maximum atomic E-state index is 12.3. The van der Waals surface area contributed by atoms with Gasteiger partial charge >= 0.3 is 0 Å². The minimum atomic E-state index is 0.154. The number of carbonyl (C=O) groups excluding carboxylic acids is 1. The van der Waals surface area contributed by atoms with Crippen LogP contribution in [0.15, 0.2) is 36.0 Å². The van der Waals surface area contributed by atoms with Crippen molar-refractivity contribution in [1.82, 2.24) is 14.7 Å². The Hall–Kier alpha value is -1.62. The Morgan fingerprint density at radius 1 is 1.44 bits per heavy atom. The first-order valence-electron chi connectivity index (χ1n) is 6.16. The molecule has 0 bridgehead atoms. The molecule has 1 unspecified atom stereocenters. The molecule has 0 radical (unpaired) electrons. The average molecular weight is 261 g/mol. The number of hydrogen-bond donors (Lipinski definition) is 0. The van der Waals surface area contributed by atoms with Crippen LogP contribution in [0.25, 0.3) is 0 Å². The number of aromatic nitrogens is 2. The summed E-state index contributed by atoms with van der Waals surface area (Å²) in [6, 6.07) is 6.06. The third-order valence-corrected chi connectivity index (χ3v) is 4.17. The van der Waals surface area contributed by atoms with Crippen LogP contribution in [-0.2, 0) is 0 Å². The highest BCUT2D eigenvalue weighted by Gasteiger charge is 2.25. The molecule has 3 heterocycles. The second-order valence-corrected chi connectivity index (χ2v) is 5.46. The van der Waals surface area contributed by atoms with Gasteiger partial charge in [-0.05, 0) is 30.4 Å². The van der Waals surface area contributed by atoms with Gasteiger partial charge in [-0.1, -0.05) is 6.07 Å². The summed E-state index contributed by atoms with van der Waals surface area (Å²) in [5, 5.41) is 6.22. The topological polar surface area (TPSA) is 38.1 Å². The number of carbonyl (C=O) groups is 1. The van der Waals surface area contributed by atoms with E-state index in [1.54, 1.807) is 6.20 Å². The summed E-state index contributed by atoms with van der Waals surface area (Å²) in [5.74, 6) is 0.154. The van der Waals surface area contributed by atoms with Gasteiger partial charge in [0.15, 0.2) is 0 Å². The number of piperidine rings is 1. The largest absolute Gasteiger partial charge is 0.336 e. The second kappa shape index (κ2) is 4.94. The molecule has 0 N–H and O–H groups in total. The van der Waals surface area contributed by atoms with E-state index in [0.29, 0.717) is 6.04 Å². The third-order valence-electron chi connectivity index (χ3n) is 3.31. The van der Waals surface area contributed by atoms with Gasteiger partial charge < -0.3 is 4.90 Å². The molecule has 2 aromatic rings. The van der Waals surface area contributed by atoms with E-state index >= 15 is 0 Å². The first-order chi connectivity index (χ1) is 8.84. The number of likely N-dealkylation sites (tertiary alicyclic amines) is 1. The summed E-state index contributed by atoms with van der Waals surface area (Å²) in [6.07, 6.45) is 5.90. The Morgan fingerprint density at radius 2 is 2.39 bits per heavy atom. The summed E-state index contributed by atoms with van der Waals surface area (Å²) >= 11 is 1.51. The maximum Gasteiger partial charge on any atom is 0.263 e. The van der Waals surface area contributed by atoms with E-state index in [1.165, 1.54) is 11.3 Å². The average Bonchev–Trinajstić information content (AvgIpc) is 3.11. The summed E-state index contributed by atoms with van der Waals surface area (Å²) < 4.78 is 1.97. The molecule has 2 aromatic heterocycles. The molecule has 0 aliphatic carbocycles. The summed E-state index contributed by atoms with van der Waals surface area (Å²) in [6.45, 7) is 1.62. The molecule has 1 atom stereocenters. The van der Waals surface area contributed by atoms with Crippen LogP contribution in [-0.4, -0.2) is 33.7 Å². The van der Waals surface area contributed by atoms with Gasteiger partial charge in [-0.2, -0.15) is 5.10 Å². The van der Waals surface area contributed by atoms with Crippen molar-refractivity contribution in [2.24, 2.45) is 0 Å². The SMILES string of the molecule is O=C(c1cccs1)N1CCCC(n2cccn2)C1. The van der Waals surface area contributed by atoms with Crippen molar-refractivity contribution >= 4 is 17.2 Å². The number of nitrogens with zero attached hydrogens (tertiary/aromatic N) is 3. The molecule has 1 fully saturated rings. The predicted molar refractivity (Wildman–Crippen MR) is 70.7 cm³/mol. The lowest BCUT2D eigenvalue weighted by atomic mass is 10.1. The van der Waals surface area contributed by atoms with Crippen LogP contribution in [0.5, 0.6) is 0 Å². The normalized spacial score (nSPS) is 20.0. The van der Waals surface area contributed by atoms with Crippen LogP contribution >= 0.6 is 11.3 Å². The minimum Gasteiger partial charge on any atom is -0.336 e. The minimum absolute atomic E-state index is 0.154. The van der Waals surface area contributed by atoms with E-state index in [2.05, 4.69) is 5.10 Å². The lowest BCUT2D eigenvalue weighted by molar-refractivity contribution is 0.0678. The Balaban J connectivity index is 1.73. The van der Waals surface area contributed by atoms with E-state index in [9.17, 15) is 4.79 Å². The quantitative estimate of drug-likeness (QED) is 0.832. The fourth-order valence-electron chi connectivity index (χ4n) is 2.41. The number of rotatable bonds is 2. The Morgan fingerprint density at radius 3 is 3.11 bits per heavy atom. The molecule has 0 spiro atoms. The fraction of sp³-hybridized carbons (Fsp3) is 0.385. The zero-order valence-corrected chi connectivity index (χ0v) is 10.8. The van der Waals surface area contributed by atoms with Gasteiger partial charge in [-0.25, -0.2) is 0 Å². The van der Waals surface area contributed by atoms with E-state index in [-0.39, 0.29) is 5.91 Å². The van der Waals surface area contributed by atoms with E-state index in [0.717, 1.165) is 30.8 Å². The van der Waals surface area contributed by atoms with Crippen LogP contribution in [0.1, 0.15) is 28.6 Å². The molecule has 94 valence electrons. The first kappa shape index (κ1) is 11.5. The van der Waals surface area contributed by atoms with Crippen molar-refractivity contribution in [3.63, 3.8) is 0 Å². The highest BCUT2D eigenvalue weighted by atomic mass is 32.1. The molecule has 1 amide bonds. The highest BCUT2D eigenvalue weighted by Crippen LogP contribution is 2.23. The molecule has 0 aromatic carbocycles. The molecule has 18 heavy (non-hydrogen) atoms. The summed E-state index contributed by atoms with van der Waals surface area (Å²) in [7, 11) is 0. The predicted octanol–water partition coefficient (Wildman–Crippen LogP) is 2.42. The van der Waals surface area contributed by atoms with Gasteiger partial charge in [0.05, 0.1) is 10.9 Å². The van der Waals surface area contributed by atoms with Gasteiger partial charge in [0.2, 0.25) is 0 Å². The van der Waals surface area contributed by atoms with Crippen LogP contribution in [0.2, 0.25) is 0 Å². The van der Waals surface area contributed by atoms with Crippen LogP contribution < -0.4 is 0 Å². The second-order valence-electron chi connectivity index (χ2n) is 4.51. The first-order valence-corrected chi connectivity index (χ1v) is 7.04. The highest BCUT2D eigenvalue weighted by molar-refractivity contribution is 7.12. The fourth-order valence-corrected chi connectivity index (χ4v) is 3.10. The molecule has 1 aliphatic rings. The van der Waals surface area contributed by atoms with Gasteiger partial charge in [-0.15, -0.1) is 11.3 Å². The monoisotopic (exact) mass is 261 g/mol. The summed E-state index contributed by atoms with van der Waals surface area (Å²) in [4.78, 5) is 15.1. The van der Waals surface area contributed by atoms with E-state index < -0.39 is 0 Å². The standard InChI is InChI=1S/C13H15N3OS/c17-13(12-5-2-9-18-12)15-7-1-4-11(10-15)16-8-3-6-14-16/h2-3,5-6,8-9,11H,1,4,7,10H2. The van der Waals surface area contributed by atoms with Crippen LogP contribution in [0.4, 0.5) is 0 Å². The van der Waals surface area contributed by atoms with Gasteiger partial charge in [0, 0.05) is 25.5 Å². The molecule has 0 saturated carbocycles. The number of amides is 1. The maximum absolute atomic E-state index is 12.3. The van der Waals surface area contributed by atoms with Crippen molar-refractivity contribution in [3.8, 4) is 0 Å². The molecule has 3 rings (SSSR count). The van der Waals surface area contributed by atoms with E-state index in [4.69, 9.17) is 0 Å². The van der Waals surface area contributed by atoms with E-state index in [1.807, 2.05) is 39.4 Å². The third kappa shape index (κ3) is 2.18. The molecule has 1 aliphatic heterocycles. The summed E-state index contributed by atoms with van der Waals surface area (Å²) in [5.41, 5.74) is 0. The van der Waals surface area contributed by atoms with Gasteiger partial charge in [-0.3, -0.25) is 9.48 Å². The number of thiophene rings is 1. The zero-order chi connectivity index (χ0) is 12.4. The molecule has 5 heteroatoms. The Bertz CT molecular complexity index is 506. The van der Waals surface area contributed by atoms with Crippen molar-refractivity contribution in [3.05, 3.63) is 40.8 Å². The van der Waals surface area contributed by atoms with Gasteiger partial charge in [0.25, 0.3) is 5.91 Å². The lowest BCUT2D eigenvalue weighted by Gasteiger charge is -2.32. The Labute approximate surface area is 110 Å². The van der Waals surface area contributed by atoms with Crippen LogP contribution in [0.3, 0.4) is 0 Å². The van der Waals surface area contributed by atoms with Crippen molar-refractivity contribution in [2.75, 3.05) is 13.1 Å². The van der Waals surface area contributed by atoms with Crippen molar-refractivity contribution in [2.45, 2.75) is 18.9 Å². The Kier molecular flexibility index (Phi) is 3.15. The van der Waals surface area contributed by atoms with Crippen LogP contribution in [0, 0.1) is 0 Å². The number of hydrogen-bond acceptors (Lipinski definition) is 3. The molecule has 1 saturated heterocycles. The zero-order valence-electron chi connectivity index (χ0n) is 10.0. The molecular weight excluding hydrogens is 246 g/mol. The van der Waals surface area contributed by atoms with Gasteiger partial charge in [0.1, 0.15) is 0 Å².